The maximum Gasteiger partial charge on any atom is 0.120 e. The molecule has 0 saturated carbocycles. The zero-order valence-corrected chi connectivity index (χ0v) is 9.18. The molecule has 0 spiro atoms. The standard InChI is InChI=1S/C12H22O/c1-4-11(3)7-6-8-12(5-2)9-10-13/h7,10,12H,4-6,8-9H2,1-3H3/b11-7+. The molecule has 0 aromatic rings. The summed E-state index contributed by atoms with van der Waals surface area (Å²) in [6, 6.07) is 0. The summed E-state index contributed by atoms with van der Waals surface area (Å²) in [5.41, 5.74) is 1.46. The molecular weight excluding hydrogens is 160 g/mol. The minimum Gasteiger partial charge on any atom is -0.303 e. The van der Waals surface area contributed by atoms with Crippen molar-refractivity contribution in [2.45, 2.75) is 52.9 Å². The smallest absolute Gasteiger partial charge is 0.120 e. The Hall–Kier alpha value is -0.590. The van der Waals surface area contributed by atoms with Crippen LogP contribution in [0.25, 0.3) is 0 Å². The molecule has 1 heteroatoms. The Morgan fingerprint density at radius 3 is 2.54 bits per heavy atom. The van der Waals surface area contributed by atoms with Crippen LogP contribution in [0.5, 0.6) is 0 Å². The number of aldehydes is 1. The molecule has 0 bridgehead atoms. The molecule has 76 valence electrons. The van der Waals surface area contributed by atoms with Crippen LogP contribution >= 0.6 is 0 Å². The Morgan fingerprint density at radius 1 is 1.38 bits per heavy atom. The van der Waals surface area contributed by atoms with Gasteiger partial charge in [0.15, 0.2) is 0 Å². The second-order valence-corrected chi connectivity index (χ2v) is 3.66. The fourth-order valence-electron chi connectivity index (χ4n) is 1.33. The molecule has 0 aromatic carbocycles. The molecule has 0 N–H and O–H groups in total. The Morgan fingerprint density at radius 2 is 2.08 bits per heavy atom. The number of hydrogen-bond acceptors (Lipinski definition) is 1. The van der Waals surface area contributed by atoms with Gasteiger partial charge in [0.1, 0.15) is 6.29 Å². The minimum absolute atomic E-state index is 0.596. The summed E-state index contributed by atoms with van der Waals surface area (Å²) in [7, 11) is 0. The number of carbonyl (C=O) groups is 1. The summed E-state index contributed by atoms with van der Waals surface area (Å²) in [5, 5.41) is 0. The van der Waals surface area contributed by atoms with Crippen molar-refractivity contribution in [1.82, 2.24) is 0 Å². The number of rotatable bonds is 7. The van der Waals surface area contributed by atoms with Gasteiger partial charge in [-0.1, -0.05) is 31.9 Å². The lowest BCUT2D eigenvalue weighted by Crippen LogP contribution is -1.98. The van der Waals surface area contributed by atoms with Crippen LogP contribution in [0.4, 0.5) is 0 Å². The Labute approximate surface area is 82.2 Å². The molecule has 0 aliphatic carbocycles. The van der Waals surface area contributed by atoms with Crippen molar-refractivity contribution in [2.24, 2.45) is 5.92 Å². The normalized spacial score (nSPS) is 14.2. The first-order valence-electron chi connectivity index (χ1n) is 5.33. The number of carbonyl (C=O) groups excluding carboxylic acids is 1. The van der Waals surface area contributed by atoms with E-state index in [2.05, 4.69) is 26.8 Å². The quantitative estimate of drug-likeness (QED) is 0.433. The molecule has 13 heavy (non-hydrogen) atoms. The molecule has 0 aliphatic rings. The van der Waals surface area contributed by atoms with Gasteiger partial charge in [0, 0.05) is 6.42 Å². The third kappa shape index (κ3) is 6.56. The summed E-state index contributed by atoms with van der Waals surface area (Å²) < 4.78 is 0. The Bertz CT molecular complexity index is 159. The van der Waals surface area contributed by atoms with Gasteiger partial charge in [0.05, 0.1) is 0 Å². The van der Waals surface area contributed by atoms with Crippen LogP contribution in [0.2, 0.25) is 0 Å². The lowest BCUT2D eigenvalue weighted by atomic mass is 9.96. The molecule has 0 fully saturated rings. The van der Waals surface area contributed by atoms with E-state index in [-0.39, 0.29) is 0 Å². The first kappa shape index (κ1) is 12.4. The van der Waals surface area contributed by atoms with Crippen molar-refractivity contribution in [3.63, 3.8) is 0 Å². The first-order chi connectivity index (χ1) is 6.24. The maximum atomic E-state index is 10.3. The van der Waals surface area contributed by atoms with E-state index in [9.17, 15) is 4.79 Å². The van der Waals surface area contributed by atoms with Crippen molar-refractivity contribution < 1.29 is 4.79 Å². The topological polar surface area (TPSA) is 17.1 Å². The largest absolute Gasteiger partial charge is 0.303 e. The summed E-state index contributed by atoms with van der Waals surface area (Å²) in [6.45, 7) is 6.50. The third-order valence-corrected chi connectivity index (χ3v) is 2.63. The second-order valence-electron chi connectivity index (χ2n) is 3.66. The molecule has 1 atom stereocenters. The summed E-state index contributed by atoms with van der Waals surface area (Å²) in [6.07, 6.45) is 8.63. The third-order valence-electron chi connectivity index (χ3n) is 2.63. The van der Waals surface area contributed by atoms with Crippen LogP contribution in [-0.4, -0.2) is 6.29 Å². The second kappa shape index (κ2) is 8.03. The average Bonchev–Trinajstić information content (AvgIpc) is 2.16. The lowest BCUT2D eigenvalue weighted by Gasteiger charge is -2.09. The lowest BCUT2D eigenvalue weighted by molar-refractivity contribution is -0.108. The van der Waals surface area contributed by atoms with E-state index in [0.717, 1.165) is 38.4 Å². The van der Waals surface area contributed by atoms with Gasteiger partial charge in [-0.2, -0.15) is 0 Å². The van der Waals surface area contributed by atoms with Gasteiger partial charge in [-0.05, 0) is 32.1 Å². The predicted molar refractivity (Wildman–Crippen MR) is 57.7 cm³/mol. The zero-order chi connectivity index (χ0) is 10.1. The van der Waals surface area contributed by atoms with Crippen molar-refractivity contribution >= 4 is 6.29 Å². The highest BCUT2D eigenvalue weighted by molar-refractivity contribution is 5.49. The van der Waals surface area contributed by atoms with E-state index in [4.69, 9.17) is 0 Å². The molecule has 0 saturated heterocycles. The summed E-state index contributed by atoms with van der Waals surface area (Å²) in [5.74, 6) is 0.596. The van der Waals surface area contributed by atoms with E-state index in [1.54, 1.807) is 0 Å². The molecule has 0 rings (SSSR count). The van der Waals surface area contributed by atoms with Gasteiger partial charge in [-0.15, -0.1) is 0 Å². The summed E-state index contributed by atoms with van der Waals surface area (Å²) in [4.78, 5) is 10.3. The molecule has 0 aliphatic heterocycles. The van der Waals surface area contributed by atoms with Crippen LogP contribution in [0.1, 0.15) is 52.9 Å². The minimum atomic E-state index is 0.596. The SMILES string of the molecule is CC/C(C)=C/CCC(CC)CC=O. The molecule has 0 radical (unpaired) electrons. The van der Waals surface area contributed by atoms with E-state index in [1.807, 2.05) is 0 Å². The average molecular weight is 182 g/mol. The van der Waals surface area contributed by atoms with Crippen LogP contribution < -0.4 is 0 Å². The van der Waals surface area contributed by atoms with Gasteiger partial charge in [0.2, 0.25) is 0 Å². The highest BCUT2D eigenvalue weighted by atomic mass is 16.1. The molecule has 0 heterocycles. The molecular formula is C12H22O. The first-order valence-corrected chi connectivity index (χ1v) is 5.33. The highest BCUT2D eigenvalue weighted by Crippen LogP contribution is 2.15. The van der Waals surface area contributed by atoms with Crippen LogP contribution in [0.15, 0.2) is 11.6 Å². The van der Waals surface area contributed by atoms with Gasteiger partial charge in [-0.3, -0.25) is 0 Å². The fraction of sp³-hybridized carbons (Fsp3) is 0.750. The molecule has 1 unspecified atom stereocenters. The monoisotopic (exact) mass is 182 g/mol. The number of hydrogen-bond donors (Lipinski definition) is 0. The maximum absolute atomic E-state index is 10.3. The van der Waals surface area contributed by atoms with Crippen LogP contribution in [-0.2, 0) is 4.79 Å². The predicted octanol–water partition coefficient (Wildman–Crippen LogP) is 3.74. The van der Waals surface area contributed by atoms with E-state index < -0.39 is 0 Å². The van der Waals surface area contributed by atoms with E-state index in [1.165, 1.54) is 5.57 Å². The van der Waals surface area contributed by atoms with Crippen molar-refractivity contribution in [2.75, 3.05) is 0 Å². The molecule has 0 amide bonds. The molecule has 0 aromatic heterocycles. The summed E-state index contributed by atoms with van der Waals surface area (Å²) >= 11 is 0. The van der Waals surface area contributed by atoms with Crippen molar-refractivity contribution in [3.05, 3.63) is 11.6 Å². The van der Waals surface area contributed by atoms with Gasteiger partial charge < -0.3 is 4.79 Å². The fourth-order valence-corrected chi connectivity index (χ4v) is 1.33. The van der Waals surface area contributed by atoms with E-state index >= 15 is 0 Å². The molecule has 1 nitrogen and oxygen atoms in total. The van der Waals surface area contributed by atoms with Gasteiger partial charge >= 0.3 is 0 Å². The highest BCUT2D eigenvalue weighted by Gasteiger charge is 2.03. The van der Waals surface area contributed by atoms with Gasteiger partial charge in [-0.25, -0.2) is 0 Å². The number of allylic oxidation sites excluding steroid dienone is 2. The van der Waals surface area contributed by atoms with Crippen LogP contribution in [0, 0.1) is 5.92 Å². The van der Waals surface area contributed by atoms with Crippen LogP contribution in [0.3, 0.4) is 0 Å². The van der Waals surface area contributed by atoms with E-state index in [0.29, 0.717) is 5.92 Å². The Kier molecular flexibility index (Phi) is 7.66. The van der Waals surface area contributed by atoms with Crippen molar-refractivity contribution in [1.29, 1.82) is 0 Å². The zero-order valence-electron chi connectivity index (χ0n) is 9.18. The van der Waals surface area contributed by atoms with Gasteiger partial charge in [0.25, 0.3) is 0 Å². The Balaban J connectivity index is 3.65. The van der Waals surface area contributed by atoms with Crippen molar-refractivity contribution in [3.8, 4) is 0 Å².